The molecule has 0 aliphatic carbocycles. The quantitative estimate of drug-likeness (QED) is 0.330. The average Bonchev–Trinajstić information content (AvgIpc) is 3.11. The number of ether oxygens (including phenoxy) is 1. The number of benzene rings is 3. The van der Waals surface area contributed by atoms with Gasteiger partial charge in [-0.1, -0.05) is 52.9 Å². The average molecular weight is 488 g/mol. The van der Waals surface area contributed by atoms with Crippen molar-refractivity contribution in [2.75, 3.05) is 11.5 Å². The molecule has 0 saturated heterocycles. The van der Waals surface area contributed by atoms with Crippen LogP contribution in [0.5, 0.6) is 5.75 Å². The van der Waals surface area contributed by atoms with Gasteiger partial charge in [0.15, 0.2) is 5.43 Å². The van der Waals surface area contributed by atoms with Gasteiger partial charge in [0, 0.05) is 10.2 Å². The van der Waals surface area contributed by atoms with Gasteiger partial charge in [0.25, 0.3) is 5.91 Å². The highest BCUT2D eigenvalue weighted by molar-refractivity contribution is 9.10. The Morgan fingerprint density at radius 2 is 1.72 bits per heavy atom. The Morgan fingerprint density at radius 3 is 2.44 bits per heavy atom. The third-order valence-corrected chi connectivity index (χ3v) is 5.97. The Hall–Kier alpha value is -3.64. The van der Waals surface area contributed by atoms with Crippen LogP contribution in [0.3, 0.4) is 0 Å². The standard InChI is InChI=1S/C26H18BrNO4/c1-2-15-31-19-13-7-16(8-14-19)23-22-24(29)20-5-3-4-6-21(20)32-25(22)26(30)28(23)18-11-9-17(27)10-12-18/h2-14,23H,1,15H2. The van der Waals surface area contributed by atoms with Crippen LogP contribution in [0.1, 0.15) is 27.7 Å². The summed E-state index contributed by atoms with van der Waals surface area (Å²) < 4.78 is 12.4. The SMILES string of the molecule is C=CCOc1ccc(C2c3c(oc4ccccc4c3=O)C(=O)N2c2ccc(Br)cc2)cc1. The first-order chi connectivity index (χ1) is 15.6. The fourth-order valence-corrected chi connectivity index (χ4v) is 4.27. The number of carbonyl (C=O) groups excluding carboxylic acids is 1. The van der Waals surface area contributed by atoms with Gasteiger partial charge in [-0.2, -0.15) is 0 Å². The minimum atomic E-state index is -0.618. The van der Waals surface area contributed by atoms with Crippen LogP contribution in [0.2, 0.25) is 0 Å². The molecule has 4 aromatic rings. The molecule has 5 rings (SSSR count). The van der Waals surface area contributed by atoms with E-state index < -0.39 is 6.04 Å². The second-order valence-electron chi connectivity index (χ2n) is 7.39. The summed E-state index contributed by atoms with van der Waals surface area (Å²) >= 11 is 3.43. The van der Waals surface area contributed by atoms with Crippen molar-refractivity contribution in [1.29, 1.82) is 0 Å². The summed E-state index contributed by atoms with van der Waals surface area (Å²) in [5.74, 6) is 0.412. The molecule has 2 heterocycles. The number of hydrogen-bond acceptors (Lipinski definition) is 4. The number of hydrogen-bond donors (Lipinski definition) is 0. The lowest BCUT2D eigenvalue weighted by Gasteiger charge is -2.25. The predicted molar refractivity (Wildman–Crippen MR) is 127 cm³/mol. The van der Waals surface area contributed by atoms with Gasteiger partial charge >= 0.3 is 0 Å². The van der Waals surface area contributed by atoms with E-state index in [9.17, 15) is 9.59 Å². The molecule has 0 saturated carbocycles. The molecule has 1 aliphatic rings. The van der Waals surface area contributed by atoms with Crippen molar-refractivity contribution in [3.63, 3.8) is 0 Å². The van der Waals surface area contributed by atoms with E-state index in [4.69, 9.17) is 9.15 Å². The fourth-order valence-electron chi connectivity index (χ4n) is 4.00. The van der Waals surface area contributed by atoms with E-state index in [1.165, 1.54) is 0 Å². The molecule has 0 N–H and O–H groups in total. The molecule has 0 radical (unpaired) electrons. The van der Waals surface area contributed by atoms with Crippen molar-refractivity contribution in [1.82, 2.24) is 0 Å². The fraction of sp³-hybridized carbons (Fsp3) is 0.0769. The summed E-state index contributed by atoms with van der Waals surface area (Å²) in [7, 11) is 0. The molecule has 1 unspecified atom stereocenters. The Labute approximate surface area is 192 Å². The Kier molecular flexibility index (Phi) is 5.15. The maximum atomic E-state index is 13.5. The molecule has 32 heavy (non-hydrogen) atoms. The number of rotatable bonds is 5. The number of nitrogens with zero attached hydrogens (tertiary/aromatic N) is 1. The van der Waals surface area contributed by atoms with E-state index in [1.54, 1.807) is 35.2 Å². The molecular weight excluding hydrogens is 470 g/mol. The van der Waals surface area contributed by atoms with Crippen LogP contribution in [-0.4, -0.2) is 12.5 Å². The van der Waals surface area contributed by atoms with Crippen molar-refractivity contribution in [2.45, 2.75) is 6.04 Å². The number of halogens is 1. The molecule has 3 aromatic carbocycles. The van der Waals surface area contributed by atoms with Crippen molar-refractivity contribution in [3.8, 4) is 5.75 Å². The summed E-state index contributed by atoms with van der Waals surface area (Å²) in [5.41, 5.74) is 2.00. The smallest absolute Gasteiger partial charge is 0.295 e. The Balaban J connectivity index is 1.71. The molecule has 0 fully saturated rings. The molecule has 5 nitrogen and oxygen atoms in total. The van der Waals surface area contributed by atoms with Gasteiger partial charge in [-0.25, -0.2) is 0 Å². The zero-order valence-corrected chi connectivity index (χ0v) is 18.5. The lowest BCUT2D eigenvalue weighted by Crippen LogP contribution is -2.29. The van der Waals surface area contributed by atoms with Crippen LogP contribution in [0.15, 0.2) is 99.1 Å². The van der Waals surface area contributed by atoms with Crippen molar-refractivity contribution < 1.29 is 13.9 Å². The molecule has 6 heteroatoms. The van der Waals surface area contributed by atoms with Crippen LogP contribution < -0.4 is 15.1 Å². The largest absolute Gasteiger partial charge is 0.490 e. The van der Waals surface area contributed by atoms with Crippen LogP contribution in [0, 0.1) is 0 Å². The molecule has 1 atom stereocenters. The highest BCUT2D eigenvalue weighted by Gasteiger charge is 2.43. The predicted octanol–water partition coefficient (Wildman–Crippen LogP) is 5.87. The van der Waals surface area contributed by atoms with E-state index in [1.807, 2.05) is 48.5 Å². The minimum absolute atomic E-state index is 0.0774. The maximum absolute atomic E-state index is 13.5. The van der Waals surface area contributed by atoms with Crippen LogP contribution >= 0.6 is 15.9 Å². The normalized spacial score (nSPS) is 15.1. The van der Waals surface area contributed by atoms with E-state index in [2.05, 4.69) is 22.5 Å². The van der Waals surface area contributed by atoms with Gasteiger partial charge in [-0.3, -0.25) is 14.5 Å². The third kappa shape index (κ3) is 3.33. The maximum Gasteiger partial charge on any atom is 0.295 e. The van der Waals surface area contributed by atoms with Crippen molar-refractivity contribution >= 4 is 38.5 Å². The van der Waals surface area contributed by atoms with E-state index in [0.717, 1.165) is 10.0 Å². The van der Waals surface area contributed by atoms with Crippen LogP contribution in [-0.2, 0) is 0 Å². The lowest BCUT2D eigenvalue weighted by molar-refractivity contribution is 0.0971. The Bertz CT molecular complexity index is 1390. The minimum Gasteiger partial charge on any atom is -0.490 e. The van der Waals surface area contributed by atoms with Crippen LogP contribution in [0.4, 0.5) is 5.69 Å². The summed E-state index contributed by atoms with van der Waals surface area (Å²) in [6, 6.07) is 21.2. The zero-order chi connectivity index (χ0) is 22.2. The first-order valence-electron chi connectivity index (χ1n) is 10.1. The monoisotopic (exact) mass is 487 g/mol. The van der Waals surface area contributed by atoms with Gasteiger partial charge in [-0.15, -0.1) is 0 Å². The first kappa shape index (κ1) is 20.3. The topological polar surface area (TPSA) is 59.8 Å². The molecule has 0 bridgehead atoms. The molecule has 1 aromatic heterocycles. The van der Waals surface area contributed by atoms with Crippen molar-refractivity contribution in [3.05, 3.63) is 117 Å². The summed E-state index contributed by atoms with van der Waals surface area (Å²) in [4.78, 5) is 28.6. The second-order valence-corrected chi connectivity index (χ2v) is 8.31. The van der Waals surface area contributed by atoms with Gasteiger partial charge in [0.2, 0.25) is 5.76 Å². The van der Waals surface area contributed by atoms with Crippen LogP contribution in [0.25, 0.3) is 11.0 Å². The van der Waals surface area contributed by atoms with Crippen molar-refractivity contribution in [2.24, 2.45) is 0 Å². The van der Waals surface area contributed by atoms with E-state index in [-0.39, 0.29) is 17.1 Å². The number of para-hydroxylation sites is 1. The Morgan fingerprint density at radius 1 is 1.00 bits per heavy atom. The van der Waals surface area contributed by atoms with Gasteiger partial charge in [-0.05, 0) is 54.1 Å². The van der Waals surface area contributed by atoms with Gasteiger partial charge in [0.05, 0.1) is 17.0 Å². The first-order valence-corrected chi connectivity index (χ1v) is 10.9. The summed E-state index contributed by atoms with van der Waals surface area (Å²) in [6.45, 7) is 4.05. The highest BCUT2D eigenvalue weighted by Crippen LogP contribution is 2.41. The zero-order valence-electron chi connectivity index (χ0n) is 17.0. The molecule has 1 amide bonds. The molecular formula is C26H18BrNO4. The van der Waals surface area contributed by atoms with Gasteiger partial charge < -0.3 is 9.15 Å². The number of carbonyl (C=O) groups is 1. The van der Waals surface area contributed by atoms with Gasteiger partial charge in [0.1, 0.15) is 17.9 Å². The van der Waals surface area contributed by atoms with E-state index in [0.29, 0.717) is 34.6 Å². The molecule has 158 valence electrons. The molecule has 0 spiro atoms. The number of amides is 1. The number of fused-ring (bicyclic) bond motifs is 2. The third-order valence-electron chi connectivity index (χ3n) is 5.45. The molecule has 1 aliphatic heterocycles. The second kappa shape index (κ2) is 8.13. The number of anilines is 1. The highest BCUT2D eigenvalue weighted by atomic mass is 79.9. The summed E-state index contributed by atoms with van der Waals surface area (Å²) in [6.07, 6.45) is 1.67. The van der Waals surface area contributed by atoms with E-state index >= 15 is 0 Å². The summed E-state index contributed by atoms with van der Waals surface area (Å²) in [5, 5.41) is 0.452. The lowest BCUT2D eigenvalue weighted by atomic mass is 9.98.